The van der Waals surface area contributed by atoms with Crippen molar-refractivity contribution in [2.75, 3.05) is 22.3 Å². The first-order valence-corrected chi connectivity index (χ1v) is 14.8. The van der Waals surface area contributed by atoms with E-state index in [9.17, 15) is 24.3 Å². The molecule has 36 heavy (non-hydrogen) atoms. The highest BCUT2D eigenvalue weighted by Crippen LogP contribution is 2.44. The number of aromatic amines is 1. The average Bonchev–Trinajstić information content (AvgIpc) is 2.82. The summed E-state index contributed by atoms with van der Waals surface area (Å²) in [4.78, 5) is 57.2. The molecule has 0 saturated carbocycles. The van der Waals surface area contributed by atoms with Crippen LogP contribution in [0.1, 0.15) is 0 Å². The maximum absolute atomic E-state index is 12.8. The zero-order valence-corrected chi connectivity index (χ0v) is 22.8. The van der Waals surface area contributed by atoms with Crippen LogP contribution in [0.3, 0.4) is 0 Å². The molecule has 2 atom stereocenters. The van der Waals surface area contributed by atoms with Crippen molar-refractivity contribution in [3.63, 3.8) is 0 Å². The van der Waals surface area contributed by atoms with Gasteiger partial charge in [0.15, 0.2) is 0 Å². The highest BCUT2D eigenvalue weighted by atomic mass is 35.5. The van der Waals surface area contributed by atoms with Gasteiger partial charge in [0, 0.05) is 31.7 Å². The number of nitrogens with two attached hydrogens (primary N) is 1. The predicted octanol–water partition coefficient (Wildman–Crippen LogP) is 2.93. The molecule has 2 aliphatic heterocycles. The molecule has 2 aromatic rings. The summed E-state index contributed by atoms with van der Waals surface area (Å²) in [5, 5.41) is 13.7. The number of fused-ring (bicyclic) bond motifs is 1. The average molecular weight is 607 g/mol. The van der Waals surface area contributed by atoms with Crippen LogP contribution in [-0.4, -0.2) is 65.8 Å². The SMILES string of the molecule is Nc1cc(SCSC2=C(C(=O)O)N3C(=O)C(NC(=O)CSc4cc(Cl)ccc4Cl)C3SC2)nc(=O)[nH]1. The van der Waals surface area contributed by atoms with Crippen LogP contribution in [0.25, 0.3) is 0 Å². The van der Waals surface area contributed by atoms with Gasteiger partial charge in [0.25, 0.3) is 5.91 Å². The highest BCUT2D eigenvalue weighted by molar-refractivity contribution is 8.18. The second-order valence-electron chi connectivity index (χ2n) is 7.28. The summed E-state index contributed by atoms with van der Waals surface area (Å²) in [6.45, 7) is 0. The van der Waals surface area contributed by atoms with E-state index in [0.29, 0.717) is 35.7 Å². The Morgan fingerprint density at radius 1 is 1.25 bits per heavy atom. The third-order valence-electron chi connectivity index (χ3n) is 4.89. The van der Waals surface area contributed by atoms with Gasteiger partial charge in [0.1, 0.15) is 28.0 Å². The van der Waals surface area contributed by atoms with Gasteiger partial charge in [-0.1, -0.05) is 35.0 Å². The van der Waals surface area contributed by atoms with Crippen LogP contribution in [0, 0.1) is 0 Å². The second kappa shape index (κ2) is 11.6. The van der Waals surface area contributed by atoms with E-state index in [2.05, 4.69) is 15.3 Å². The van der Waals surface area contributed by atoms with E-state index in [-0.39, 0.29) is 23.2 Å². The molecule has 2 aliphatic rings. The molecule has 190 valence electrons. The third kappa shape index (κ3) is 6.11. The normalized spacial score (nSPS) is 19.1. The van der Waals surface area contributed by atoms with Crippen LogP contribution in [0.4, 0.5) is 5.82 Å². The predicted molar refractivity (Wildman–Crippen MR) is 144 cm³/mol. The number of rotatable bonds is 9. The Kier molecular flexibility index (Phi) is 8.73. The Morgan fingerprint density at radius 2 is 2.03 bits per heavy atom. The standard InChI is InChI=1S/C20H17Cl2N5O5S4/c21-8-1-2-9(22)10(3-8)33-6-13(28)25-15-17(29)27-16(19(30)31)11(5-34-18(15)27)35-7-36-14-4-12(23)24-20(32)26-14/h1-4,15,18H,5-7H2,(H,25,28)(H,30,31)(H3,23,24,26,32). The smallest absolute Gasteiger partial charge is 0.353 e. The number of β-lactam (4-membered cyclic amide) rings is 1. The topological polar surface area (TPSA) is 158 Å². The molecule has 1 fully saturated rings. The monoisotopic (exact) mass is 605 g/mol. The Labute approximate surface area is 231 Å². The van der Waals surface area contributed by atoms with Gasteiger partial charge < -0.3 is 16.2 Å². The summed E-state index contributed by atoms with van der Waals surface area (Å²) < 4.78 is 0. The van der Waals surface area contributed by atoms with Gasteiger partial charge in [0.05, 0.1) is 10.8 Å². The quantitative estimate of drug-likeness (QED) is 0.144. The summed E-state index contributed by atoms with van der Waals surface area (Å²) in [7, 11) is 0. The molecule has 0 aliphatic carbocycles. The summed E-state index contributed by atoms with van der Waals surface area (Å²) in [6, 6.07) is 5.61. The first-order valence-electron chi connectivity index (χ1n) is 10.0. The molecule has 0 radical (unpaired) electrons. The molecule has 0 bridgehead atoms. The molecule has 10 nitrogen and oxygen atoms in total. The van der Waals surface area contributed by atoms with Crippen molar-refractivity contribution in [3.8, 4) is 0 Å². The van der Waals surface area contributed by atoms with Crippen LogP contribution in [-0.2, 0) is 14.4 Å². The number of nitrogen functional groups attached to an aromatic ring is 1. The van der Waals surface area contributed by atoms with Crippen molar-refractivity contribution in [2.45, 2.75) is 21.3 Å². The lowest BCUT2D eigenvalue weighted by Crippen LogP contribution is -2.70. The lowest BCUT2D eigenvalue weighted by atomic mass is 10.1. The molecule has 3 heterocycles. The van der Waals surface area contributed by atoms with Gasteiger partial charge >= 0.3 is 11.7 Å². The Bertz CT molecular complexity index is 1320. The van der Waals surface area contributed by atoms with E-state index in [1.165, 1.54) is 58.0 Å². The number of nitrogens with one attached hydrogen (secondary N) is 2. The van der Waals surface area contributed by atoms with Crippen LogP contribution in [0.2, 0.25) is 10.0 Å². The zero-order chi connectivity index (χ0) is 26.0. The summed E-state index contributed by atoms with van der Waals surface area (Å²) in [5.41, 5.74) is 4.94. The number of nitrogens with zero attached hydrogens (tertiary/aromatic N) is 2. The lowest BCUT2D eigenvalue weighted by molar-refractivity contribution is -0.150. The number of H-pyrrole nitrogens is 1. The molecule has 2 amide bonds. The number of aromatic nitrogens is 2. The molecule has 1 aromatic carbocycles. The van der Waals surface area contributed by atoms with Gasteiger partial charge in [-0.25, -0.2) is 9.59 Å². The van der Waals surface area contributed by atoms with E-state index in [4.69, 9.17) is 28.9 Å². The number of thioether (sulfide) groups is 4. The first kappa shape index (κ1) is 27.1. The number of carbonyl (C=O) groups is 3. The highest BCUT2D eigenvalue weighted by Gasteiger charge is 2.54. The molecule has 4 rings (SSSR count). The summed E-state index contributed by atoms with van der Waals surface area (Å²) in [6.07, 6.45) is 0. The fourth-order valence-corrected chi connectivity index (χ4v) is 8.34. The van der Waals surface area contributed by atoms with Crippen molar-refractivity contribution in [1.29, 1.82) is 0 Å². The first-order chi connectivity index (χ1) is 17.1. The van der Waals surface area contributed by atoms with Crippen molar-refractivity contribution in [3.05, 3.63) is 55.4 Å². The number of aliphatic carboxylic acids is 1. The number of amides is 2. The minimum absolute atomic E-state index is 0.0159. The van der Waals surface area contributed by atoms with E-state index in [1.807, 2.05) is 0 Å². The molecule has 1 aromatic heterocycles. The maximum atomic E-state index is 12.8. The number of carboxylic acids is 1. The number of carboxylic acid groups (broad SMARTS) is 1. The number of anilines is 1. The Morgan fingerprint density at radius 3 is 2.75 bits per heavy atom. The number of benzene rings is 1. The number of carbonyl (C=O) groups excluding carboxylic acids is 2. The molecule has 1 saturated heterocycles. The minimum Gasteiger partial charge on any atom is -0.477 e. The molecule has 0 spiro atoms. The summed E-state index contributed by atoms with van der Waals surface area (Å²) >= 11 is 17.1. The van der Waals surface area contributed by atoms with Crippen LogP contribution in [0.15, 0.2) is 49.6 Å². The minimum atomic E-state index is -1.23. The van der Waals surface area contributed by atoms with Crippen LogP contribution >= 0.6 is 70.2 Å². The van der Waals surface area contributed by atoms with E-state index in [0.717, 1.165) is 0 Å². The second-order valence-corrected chi connectivity index (χ2v) is 12.7. The summed E-state index contributed by atoms with van der Waals surface area (Å²) in [5.74, 6) is -1.55. The molecule has 5 N–H and O–H groups in total. The van der Waals surface area contributed by atoms with Gasteiger partial charge in [-0.05, 0) is 18.2 Å². The Balaban J connectivity index is 1.36. The zero-order valence-electron chi connectivity index (χ0n) is 18.0. The van der Waals surface area contributed by atoms with Crippen molar-refractivity contribution >= 4 is 93.9 Å². The number of halogens is 2. The van der Waals surface area contributed by atoms with E-state index >= 15 is 0 Å². The van der Waals surface area contributed by atoms with Crippen LogP contribution < -0.4 is 16.7 Å². The molecular formula is C20H17Cl2N5O5S4. The number of hydrogen-bond acceptors (Lipinski definition) is 10. The number of hydrogen-bond donors (Lipinski definition) is 4. The molecular weight excluding hydrogens is 589 g/mol. The fourth-order valence-electron chi connectivity index (χ4n) is 3.34. The van der Waals surface area contributed by atoms with E-state index < -0.39 is 29.0 Å². The van der Waals surface area contributed by atoms with Crippen LogP contribution in [0.5, 0.6) is 0 Å². The van der Waals surface area contributed by atoms with Gasteiger partial charge in [-0.2, -0.15) is 4.98 Å². The maximum Gasteiger partial charge on any atom is 0.353 e. The molecule has 16 heteroatoms. The third-order valence-corrected chi connectivity index (χ3v) is 10.2. The van der Waals surface area contributed by atoms with Crippen molar-refractivity contribution in [2.24, 2.45) is 0 Å². The van der Waals surface area contributed by atoms with Gasteiger partial charge in [-0.15, -0.1) is 35.3 Å². The fraction of sp³-hybridized carbons (Fsp3) is 0.250. The van der Waals surface area contributed by atoms with Gasteiger partial charge in [0.2, 0.25) is 5.91 Å². The Hall–Kier alpha value is -1.97. The van der Waals surface area contributed by atoms with Crippen molar-refractivity contribution in [1.82, 2.24) is 20.2 Å². The largest absolute Gasteiger partial charge is 0.477 e. The molecule has 2 unspecified atom stereocenters. The van der Waals surface area contributed by atoms with E-state index in [1.54, 1.807) is 18.2 Å². The lowest BCUT2D eigenvalue weighted by Gasteiger charge is -2.49. The van der Waals surface area contributed by atoms with Gasteiger partial charge in [-0.3, -0.25) is 19.5 Å². The van der Waals surface area contributed by atoms with Crippen molar-refractivity contribution < 1.29 is 19.5 Å².